The van der Waals surface area contributed by atoms with Crippen LogP contribution in [0.3, 0.4) is 0 Å². The highest BCUT2D eigenvalue weighted by atomic mass is 35.5. The van der Waals surface area contributed by atoms with Crippen molar-refractivity contribution in [2.75, 3.05) is 6.54 Å². The Kier molecular flexibility index (Phi) is 5.88. The molecule has 0 aliphatic carbocycles. The topological polar surface area (TPSA) is 82.8 Å². The number of aliphatic hydroxyl groups excluding tert-OH is 1. The van der Waals surface area contributed by atoms with Gasteiger partial charge >= 0.3 is 0 Å². The Labute approximate surface area is 179 Å². The van der Waals surface area contributed by atoms with Crippen molar-refractivity contribution in [3.8, 4) is 0 Å². The lowest BCUT2D eigenvalue weighted by molar-refractivity contribution is -0.126. The third-order valence-electron chi connectivity index (χ3n) is 5.27. The van der Waals surface area contributed by atoms with Crippen molar-refractivity contribution in [1.29, 1.82) is 0 Å². The first-order valence-electron chi connectivity index (χ1n) is 9.65. The molecule has 0 saturated carbocycles. The predicted octanol–water partition coefficient (Wildman–Crippen LogP) is 3.35. The van der Waals surface area contributed by atoms with Crippen LogP contribution in [-0.2, 0) is 17.8 Å². The second-order valence-corrected chi connectivity index (χ2v) is 7.65. The molecule has 3 aromatic rings. The number of rotatable bonds is 5. The maximum absolute atomic E-state index is 13.0. The summed E-state index contributed by atoms with van der Waals surface area (Å²) in [4.78, 5) is 27.5. The van der Waals surface area contributed by atoms with Crippen LogP contribution in [0.1, 0.15) is 33.3 Å². The summed E-state index contributed by atoms with van der Waals surface area (Å²) >= 11 is 5.88. The third-order valence-corrected chi connectivity index (χ3v) is 5.52. The molecule has 0 spiro atoms. The highest BCUT2D eigenvalue weighted by molar-refractivity contribution is 6.30. The molecule has 154 valence electrons. The molecule has 0 saturated heterocycles. The fraction of sp³-hybridized carbons (Fsp3) is 0.217. The second-order valence-electron chi connectivity index (χ2n) is 7.21. The summed E-state index contributed by atoms with van der Waals surface area (Å²) in [5, 5.41) is 13.7. The highest BCUT2D eigenvalue weighted by Crippen LogP contribution is 2.25. The number of fused-ring (bicyclic) bond motifs is 1. The molecule has 0 radical (unpaired) electrons. The van der Waals surface area contributed by atoms with Crippen molar-refractivity contribution < 1.29 is 19.1 Å². The van der Waals surface area contributed by atoms with E-state index in [9.17, 15) is 14.7 Å². The number of nitrogens with zero attached hydrogens (tertiary/aromatic N) is 1. The van der Waals surface area contributed by atoms with Gasteiger partial charge in [0, 0.05) is 24.5 Å². The van der Waals surface area contributed by atoms with E-state index in [1.54, 1.807) is 36.4 Å². The normalized spacial score (nSPS) is 16.6. The summed E-state index contributed by atoms with van der Waals surface area (Å²) in [5.74, 6) is -0.473. The number of hydrogen-bond donors (Lipinski definition) is 2. The molecule has 0 bridgehead atoms. The van der Waals surface area contributed by atoms with Crippen LogP contribution in [0.25, 0.3) is 0 Å². The van der Waals surface area contributed by atoms with E-state index in [4.69, 9.17) is 16.0 Å². The molecule has 2 atom stereocenters. The van der Waals surface area contributed by atoms with Crippen LogP contribution in [0.5, 0.6) is 0 Å². The van der Waals surface area contributed by atoms with E-state index >= 15 is 0 Å². The summed E-state index contributed by atoms with van der Waals surface area (Å²) in [7, 11) is 0. The number of nitrogens with one attached hydrogen (secondary N) is 1. The number of aliphatic hydroxyl groups is 1. The van der Waals surface area contributed by atoms with Crippen molar-refractivity contribution in [2.24, 2.45) is 0 Å². The van der Waals surface area contributed by atoms with E-state index in [-0.39, 0.29) is 24.1 Å². The first kappa shape index (κ1) is 20.2. The number of halogens is 1. The lowest BCUT2D eigenvalue weighted by Crippen LogP contribution is -2.53. The molecule has 1 aliphatic heterocycles. The van der Waals surface area contributed by atoms with Crippen molar-refractivity contribution in [2.45, 2.75) is 25.1 Å². The Bertz CT molecular complexity index is 1030. The smallest absolute Gasteiger partial charge is 0.290 e. The molecule has 2 amide bonds. The molecule has 2 heterocycles. The minimum Gasteiger partial charge on any atom is -0.459 e. The fourth-order valence-corrected chi connectivity index (χ4v) is 3.76. The lowest BCUT2D eigenvalue weighted by Gasteiger charge is -2.35. The first-order chi connectivity index (χ1) is 14.5. The molecule has 4 rings (SSSR count). The zero-order valence-electron chi connectivity index (χ0n) is 16.1. The third kappa shape index (κ3) is 4.25. The second kappa shape index (κ2) is 8.73. The van der Waals surface area contributed by atoms with E-state index in [2.05, 4.69) is 5.32 Å². The monoisotopic (exact) mass is 424 g/mol. The molecular formula is C23H21ClN2O4. The Balaban J connectivity index is 1.51. The Morgan fingerprint density at radius 2 is 1.83 bits per heavy atom. The fourth-order valence-electron chi connectivity index (χ4n) is 3.63. The van der Waals surface area contributed by atoms with Crippen LogP contribution >= 0.6 is 11.6 Å². The Morgan fingerprint density at radius 3 is 2.53 bits per heavy atom. The minimum absolute atomic E-state index is 0.0292. The summed E-state index contributed by atoms with van der Waals surface area (Å²) in [6.45, 7) is 0.342. The Morgan fingerprint density at radius 1 is 1.10 bits per heavy atom. The van der Waals surface area contributed by atoms with Crippen molar-refractivity contribution >= 4 is 23.4 Å². The lowest BCUT2D eigenvalue weighted by atomic mass is 9.93. The average molecular weight is 425 g/mol. The maximum atomic E-state index is 13.0. The van der Waals surface area contributed by atoms with E-state index in [1.807, 2.05) is 24.3 Å². The zero-order chi connectivity index (χ0) is 21.1. The molecule has 1 aromatic heterocycles. The van der Waals surface area contributed by atoms with E-state index in [1.165, 1.54) is 11.2 Å². The van der Waals surface area contributed by atoms with Gasteiger partial charge in [0.2, 0.25) is 5.91 Å². The minimum atomic E-state index is -0.878. The SMILES string of the molecule is O=C(NCC(O)c1ccc(Cl)cc1)C1Cc2ccccc2CN1C(=O)c1ccco1. The van der Waals surface area contributed by atoms with Gasteiger partial charge in [0.25, 0.3) is 5.91 Å². The summed E-state index contributed by atoms with van der Waals surface area (Å²) in [6, 6.07) is 17.1. The van der Waals surface area contributed by atoms with E-state index in [0.29, 0.717) is 23.6 Å². The van der Waals surface area contributed by atoms with Gasteiger partial charge in [-0.25, -0.2) is 0 Å². The quantitative estimate of drug-likeness (QED) is 0.658. The van der Waals surface area contributed by atoms with Crippen molar-refractivity contribution in [3.05, 3.63) is 94.4 Å². The standard InChI is InChI=1S/C23H21ClN2O4/c24-18-9-7-15(8-10-18)20(27)13-25-22(28)19-12-16-4-1-2-5-17(16)14-26(19)23(29)21-6-3-11-30-21/h1-11,19-20,27H,12-14H2,(H,25,28). The number of furan rings is 1. The summed E-state index contributed by atoms with van der Waals surface area (Å²) < 4.78 is 5.26. The molecular weight excluding hydrogens is 404 g/mol. The number of amides is 2. The molecule has 7 heteroatoms. The predicted molar refractivity (Wildman–Crippen MR) is 112 cm³/mol. The van der Waals surface area contributed by atoms with Gasteiger partial charge < -0.3 is 19.7 Å². The van der Waals surface area contributed by atoms with Crippen LogP contribution in [0, 0.1) is 0 Å². The molecule has 2 aromatic carbocycles. The van der Waals surface area contributed by atoms with Crippen molar-refractivity contribution in [1.82, 2.24) is 10.2 Å². The molecule has 6 nitrogen and oxygen atoms in total. The maximum Gasteiger partial charge on any atom is 0.290 e. The summed E-state index contributed by atoms with van der Waals surface area (Å²) in [6.07, 6.45) is 0.949. The molecule has 0 fully saturated rings. The molecule has 1 aliphatic rings. The zero-order valence-corrected chi connectivity index (χ0v) is 16.9. The average Bonchev–Trinajstić information content (AvgIpc) is 3.31. The van der Waals surface area contributed by atoms with Gasteiger partial charge in [0.1, 0.15) is 6.04 Å². The number of benzene rings is 2. The van der Waals surface area contributed by atoms with Crippen LogP contribution < -0.4 is 5.32 Å². The van der Waals surface area contributed by atoms with Gasteiger partial charge in [-0.1, -0.05) is 48.0 Å². The van der Waals surface area contributed by atoms with Crippen molar-refractivity contribution in [3.63, 3.8) is 0 Å². The molecule has 30 heavy (non-hydrogen) atoms. The molecule has 2 unspecified atom stereocenters. The Hall–Kier alpha value is -3.09. The van der Waals surface area contributed by atoms with Crippen LogP contribution in [-0.4, -0.2) is 34.4 Å². The summed E-state index contributed by atoms with van der Waals surface area (Å²) in [5.41, 5.74) is 2.68. The van der Waals surface area contributed by atoms with Gasteiger partial charge in [-0.15, -0.1) is 0 Å². The van der Waals surface area contributed by atoms with Crippen LogP contribution in [0.2, 0.25) is 5.02 Å². The van der Waals surface area contributed by atoms with Crippen LogP contribution in [0.4, 0.5) is 0 Å². The van der Waals surface area contributed by atoms with Gasteiger partial charge in [0.15, 0.2) is 5.76 Å². The number of carbonyl (C=O) groups is 2. The van der Waals surface area contributed by atoms with Gasteiger partial charge in [-0.3, -0.25) is 9.59 Å². The van der Waals surface area contributed by atoms with Gasteiger partial charge in [0.05, 0.1) is 12.4 Å². The first-order valence-corrected chi connectivity index (χ1v) is 10.0. The van der Waals surface area contributed by atoms with Gasteiger partial charge in [-0.2, -0.15) is 0 Å². The largest absolute Gasteiger partial charge is 0.459 e. The van der Waals surface area contributed by atoms with E-state index in [0.717, 1.165) is 11.1 Å². The van der Waals surface area contributed by atoms with Gasteiger partial charge in [-0.05, 0) is 41.0 Å². The highest BCUT2D eigenvalue weighted by Gasteiger charge is 2.36. The number of hydrogen-bond acceptors (Lipinski definition) is 4. The number of carbonyl (C=O) groups excluding carboxylic acids is 2. The molecule has 2 N–H and O–H groups in total. The van der Waals surface area contributed by atoms with E-state index < -0.39 is 12.1 Å². The van der Waals surface area contributed by atoms with Crippen LogP contribution in [0.15, 0.2) is 71.3 Å².